The molecule has 0 radical (unpaired) electrons. The largest absolute Gasteiger partial charge is 0.416 e. The van der Waals surface area contributed by atoms with Gasteiger partial charge in [-0.1, -0.05) is 12.1 Å². The number of alkyl halides is 3. The van der Waals surface area contributed by atoms with Crippen LogP contribution < -0.4 is 15.5 Å². The summed E-state index contributed by atoms with van der Waals surface area (Å²) in [7, 11) is -0.638. The van der Waals surface area contributed by atoms with Crippen molar-refractivity contribution in [3.05, 3.63) is 70.0 Å². The van der Waals surface area contributed by atoms with Gasteiger partial charge in [0.05, 0.1) is 17.0 Å². The average Bonchev–Trinajstić information content (AvgIpc) is 2.71. The maximum atomic E-state index is 13.4. The van der Waals surface area contributed by atoms with Crippen LogP contribution in [0.5, 0.6) is 0 Å². The molecule has 33 heavy (non-hydrogen) atoms. The van der Waals surface area contributed by atoms with Gasteiger partial charge < -0.3 is 15.2 Å². The summed E-state index contributed by atoms with van der Waals surface area (Å²) in [5.41, 5.74) is -2.28. The van der Waals surface area contributed by atoms with Gasteiger partial charge in [-0.2, -0.15) is 13.2 Å². The van der Waals surface area contributed by atoms with Crippen LogP contribution in [0.4, 0.5) is 24.5 Å². The number of sulfonamides is 1. The van der Waals surface area contributed by atoms with Crippen LogP contribution in [0.3, 0.4) is 0 Å². The number of fused-ring (bicyclic) bond motifs is 1. The first-order chi connectivity index (χ1) is 15.4. The van der Waals surface area contributed by atoms with Crippen LogP contribution in [-0.4, -0.2) is 50.6 Å². The summed E-state index contributed by atoms with van der Waals surface area (Å²) in [5, 5.41) is 2.49. The Morgan fingerprint density at radius 3 is 2.42 bits per heavy atom. The number of H-pyrrole nitrogens is 1. The van der Waals surface area contributed by atoms with E-state index < -0.39 is 33.1 Å². The lowest BCUT2D eigenvalue weighted by Gasteiger charge is -2.15. The fourth-order valence-corrected chi connectivity index (χ4v) is 4.17. The average molecular weight is 482 g/mol. The van der Waals surface area contributed by atoms with Gasteiger partial charge in [0, 0.05) is 29.3 Å². The summed E-state index contributed by atoms with van der Waals surface area (Å²) >= 11 is 0. The van der Waals surface area contributed by atoms with E-state index in [0.29, 0.717) is 17.6 Å². The number of carbonyl (C=O) groups excluding carboxylic acids is 1. The maximum Gasteiger partial charge on any atom is 0.416 e. The van der Waals surface area contributed by atoms with Gasteiger partial charge in [-0.3, -0.25) is 14.3 Å². The number of para-hydroxylation sites is 1. The smallest absolute Gasteiger partial charge is 0.360 e. The zero-order valence-corrected chi connectivity index (χ0v) is 18.5. The topological polar surface area (TPSA) is 111 Å². The Kier molecular flexibility index (Phi) is 6.79. The van der Waals surface area contributed by atoms with Gasteiger partial charge in [-0.25, -0.2) is 8.42 Å². The van der Waals surface area contributed by atoms with Crippen LogP contribution in [0, 0.1) is 0 Å². The number of nitrogens with one attached hydrogen (secondary N) is 3. The molecule has 3 rings (SSSR count). The molecule has 8 nitrogen and oxygen atoms in total. The minimum Gasteiger partial charge on any atom is -0.360 e. The number of nitrogens with zero attached hydrogens (tertiary/aromatic N) is 1. The molecule has 0 fully saturated rings. The molecule has 1 aromatic heterocycles. The highest BCUT2D eigenvalue weighted by molar-refractivity contribution is 7.92. The Balaban J connectivity index is 1.94. The number of benzene rings is 2. The van der Waals surface area contributed by atoms with E-state index in [1.54, 1.807) is 37.2 Å². The number of pyridine rings is 1. The van der Waals surface area contributed by atoms with Crippen molar-refractivity contribution in [2.45, 2.75) is 6.18 Å². The number of carbonyl (C=O) groups is 1. The first-order valence-corrected chi connectivity index (χ1v) is 11.3. The van der Waals surface area contributed by atoms with Crippen LogP contribution in [0.15, 0.2) is 53.5 Å². The third-order valence-corrected chi connectivity index (χ3v) is 5.90. The van der Waals surface area contributed by atoms with Crippen molar-refractivity contribution < 1.29 is 26.4 Å². The molecular weight excluding hydrogens is 461 g/mol. The van der Waals surface area contributed by atoms with Crippen molar-refractivity contribution in [3.8, 4) is 0 Å². The lowest BCUT2D eigenvalue weighted by molar-refractivity contribution is -0.137. The van der Waals surface area contributed by atoms with Gasteiger partial charge in [0.1, 0.15) is 5.56 Å². The quantitative estimate of drug-likeness (QED) is 0.479. The molecule has 176 valence electrons. The molecule has 0 aliphatic heterocycles. The van der Waals surface area contributed by atoms with Crippen LogP contribution in [-0.2, 0) is 16.2 Å². The Bertz CT molecular complexity index is 1350. The second-order valence-corrected chi connectivity index (χ2v) is 9.39. The first kappa shape index (κ1) is 24.3. The lowest BCUT2D eigenvalue weighted by Crippen LogP contribution is -2.26. The molecule has 3 N–H and O–H groups in total. The summed E-state index contributed by atoms with van der Waals surface area (Å²) in [6, 6.07) is 8.80. The fraction of sp³-hybridized carbons (Fsp3) is 0.238. The number of anilines is 2. The summed E-state index contributed by atoms with van der Waals surface area (Å²) < 4.78 is 66.7. The van der Waals surface area contributed by atoms with Gasteiger partial charge in [-0.05, 0) is 44.4 Å². The summed E-state index contributed by atoms with van der Waals surface area (Å²) in [6.07, 6.45) is -3.64. The van der Waals surface area contributed by atoms with Crippen LogP contribution in [0.25, 0.3) is 10.9 Å². The summed E-state index contributed by atoms with van der Waals surface area (Å²) in [4.78, 5) is 29.7. The minimum atomic E-state index is -4.80. The van der Waals surface area contributed by atoms with Gasteiger partial charge >= 0.3 is 6.18 Å². The molecule has 0 atom stereocenters. The normalized spacial score (nSPS) is 12.2. The van der Waals surface area contributed by atoms with Crippen molar-refractivity contribution in [1.82, 2.24) is 9.88 Å². The van der Waals surface area contributed by atoms with E-state index >= 15 is 0 Å². The molecule has 0 bridgehead atoms. The molecule has 0 saturated carbocycles. The van der Waals surface area contributed by atoms with E-state index in [2.05, 4.69) is 15.0 Å². The molecule has 1 amide bonds. The second kappa shape index (κ2) is 9.24. The highest BCUT2D eigenvalue weighted by Gasteiger charge is 2.32. The van der Waals surface area contributed by atoms with E-state index in [1.807, 2.05) is 0 Å². The van der Waals surface area contributed by atoms with Crippen molar-refractivity contribution in [2.75, 3.05) is 36.4 Å². The van der Waals surface area contributed by atoms with E-state index in [-0.39, 0.29) is 34.6 Å². The molecule has 2 aromatic carbocycles. The molecule has 0 saturated heterocycles. The van der Waals surface area contributed by atoms with E-state index in [4.69, 9.17) is 0 Å². The predicted molar refractivity (Wildman–Crippen MR) is 120 cm³/mol. The molecule has 3 aromatic rings. The highest BCUT2D eigenvalue weighted by Crippen LogP contribution is 2.34. The predicted octanol–water partition coefficient (Wildman–Crippen LogP) is 3.10. The van der Waals surface area contributed by atoms with Gasteiger partial charge in [0.2, 0.25) is 15.5 Å². The SMILES string of the molecule is CN(C)CCS(=O)(=O)Nc1cc(NC(=O)c2c[nH]c3ccccc3c2=O)cc(C(F)(F)F)c1. The first-order valence-electron chi connectivity index (χ1n) is 9.65. The molecule has 1 heterocycles. The number of rotatable bonds is 7. The van der Waals surface area contributed by atoms with E-state index in [1.165, 1.54) is 12.3 Å². The molecule has 0 aliphatic carbocycles. The summed E-state index contributed by atoms with van der Waals surface area (Å²) in [5.74, 6) is -1.28. The number of amides is 1. The van der Waals surface area contributed by atoms with Gasteiger partial charge in [0.15, 0.2) is 0 Å². The van der Waals surface area contributed by atoms with Crippen molar-refractivity contribution >= 4 is 38.2 Å². The molecule has 0 spiro atoms. The number of hydrogen-bond acceptors (Lipinski definition) is 5. The van der Waals surface area contributed by atoms with Crippen LogP contribution in [0.2, 0.25) is 0 Å². The van der Waals surface area contributed by atoms with Gasteiger partial charge in [0.25, 0.3) is 5.91 Å². The summed E-state index contributed by atoms with van der Waals surface area (Å²) in [6.45, 7) is 0.155. The minimum absolute atomic E-state index is 0.155. The third kappa shape index (κ3) is 6.11. The number of hydrogen-bond donors (Lipinski definition) is 3. The molecular formula is C21H21F3N4O4S. The monoisotopic (exact) mass is 482 g/mol. The van der Waals surface area contributed by atoms with E-state index in [9.17, 15) is 31.2 Å². The molecule has 12 heteroatoms. The van der Waals surface area contributed by atoms with Crippen LogP contribution >= 0.6 is 0 Å². The standard InChI is InChI=1S/C21H21F3N4O4S/c1-28(2)7-8-33(31,32)27-15-10-13(21(22,23)24)9-14(11-15)26-20(30)17-12-25-18-6-4-3-5-16(18)19(17)29/h3-6,9-12,27H,7-8H2,1-2H3,(H,25,29)(H,26,30). The number of aromatic nitrogens is 1. The third-order valence-electron chi connectivity index (χ3n) is 4.63. The second-order valence-electron chi connectivity index (χ2n) is 7.55. The fourth-order valence-electron chi connectivity index (χ4n) is 2.99. The Hall–Kier alpha value is -3.38. The van der Waals surface area contributed by atoms with Crippen LogP contribution in [0.1, 0.15) is 15.9 Å². The molecule has 0 aliphatic rings. The highest BCUT2D eigenvalue weighted by atomic mass is 32.2. The van der Waals surface area contributed by atoms with Crippen molar-refractivity contribution in [3.63, 3.8) is 0 Å². The zero-order chi connectivity index (χ0) is 24.4. The van der Waals surface area contributed by atoms with Gasteiger partial charge in [-0.15, -0.1) is 0 Å². The van der Waals surface area contributed by atoms with E-state index in [0.717, 1.165) is 6.07 Å². The maximum absolute atomic E-state index is 13.4. The van der Waals surface area contributed by atoms with Crippen molar-refractivity contribution in [2.24, 2.45) is 0 Å². The molecule has 0 unspecified atom stereocenters. The Morgan fingerprint density at radius 1 is 1.09 bits per heavy atom. The zero-order valence-electron chi connectivity index (χ0n) is 17.7. The van der Waals surface area contributed by atoms with Crippen molar-refractivity contribution in [1.29, 1.82) is 0 Å². The number of halogens is 3. The Labute approximate surface area is 187 Å². The number of aromatic amines is 1. The lowest BCUT2D eigenvalue weighted by atomic mass is 10.1. The Morgan fingerprint density at radius 2 is 1.76 bits per heavy atom.